The monoisotopic (exact) mass is 283 g/mol. The zero-order valence-corrected chi connectivity index (χ0v) is 12.1. The Balaban J connectivity index is 1.87. The first kappa shape index (κ1) is 13.8. The van der Waals surface area contributed by atoms with Crippen molar-refractivity contribution < 1.29 is 9.18 Å². The lowest BCUT2D eigenvalue weighted by Crippen LogP contribution is -2.30. The molecule has 0 spiro atoms. The minimum atomic E-state index is -0.233. The Morgan fingerprint density at radius 2 is 2.00 bits per heavy atom. The van der Waals surface area contributed by atoms with Gasteiger partial charge in [0.2, 0.25) is 0 Å². The lowest BCUT2D eigenvalue weighted by Gasteiger charge is -2.22. The summed E-state index contributed by atoms with van der Waals surface area (Å²) >= 11 is 0. The van der Waals surface area contributed by atoms with Crippen molar-refractivity contribution in [2.24, 2.45) is 0 Å². The van der Waals surface area contributed by atoms with Crippen LogP contribution in [0.1, 0.15) is 33.5 Å². The Bertz CT molecular complexity index is 681. The highest BCUT2D eigenvalue weighted by molar-refractivity contribution is 5.96. The first-order valence-electron chi connectivity index (χ1n) is 7.27. The van der Waals surface area contributed by atoms with Crippen LogP contribution >= 0.6 is 0 Å². The van der Waals surface area contributed by atoms with E-state index in [0.717, 1.165) is 41.6 Å². The van der Waals surface area contributed by atoms with Gasteiger partial charge in [0.05, 0.1) is 0 Å². The second kappa shape index (κ2) is 5.68. The number of rotatable bonds is 2. The van der Waals surface area contributed by atoms with Gasteiger partial charge in [0.15, 0.2) is 0 Å². The maximum absolute atomic E-state index is 13.2. The van der Waals surface area contributed by atoms with Gasteiger partial charge in [0.25, 0.3) is 5.91 Å². The molecule has 0 N–H and O–H groups in total. The third-order valence-corrected chi connectivity index (χ3v) is 4.07. The van der Waals surface area contributed by atoms with Crippen molar-refractivity contribution in [2.45, 2.75) is 26.3 Å². The van der Waals surface area contributed by atoms with Crippen LogP contribution in [0.5, 0.6) is 0 Å². The van der Waals surface area contributed by atoms with Gasteiger partial charge in [-0.2, -0.15) is 0 Å². The summed E-state index contributed by atoms with van der Waals surface area (Å²) in [6.07, 6.45) is 1.89. The Morgan fingerprint density at radius 3 is 2.81 bits per heavy atom. The van der Waals surface area contributed by atoms with Crippen LogP contribution in [0, 0.1) is 12.7 Å². The molecule has 2 nitrogen and oxygen atoms in total. The lowest BCUT2D eigenvalue weighted by molar-refractivity contribution is 0.0748. The van der Waals surface area contributed by atoms with Gasteiger partial charge >= 0.3 is 0 Å². The van der Waals surface area contributed by atoms with Crippen LogP contribution in [0.15, 0.2) is 42.5 Å². The normalized spacial score (nSPS) is 14.8. The van der Waals surface area contributed by atoms with Gasteiger partial charge in [-0.3, -0.25) is 4.79 Å². The minimum Gasteiger partial charge on any atom is -0.334 e. The second-order valence-corrected chi connectivity index (χ2v) is 5.56. The summed E-state index contributed by atoms with van der Waals surface area (Å²) in [5.41, 5.74) is 3.82. The van der Waals surface area contributed by atoms with Crippen LogP contribution in [-0.2, 0) is 13.0 Å². The molecule has 0 saturated heterocycles. The number of hydrogen-bond donors (Lipinski definition) is 0. The molecular formula is C18H18FNO. The van der Waals surface area contributed by atoms with Crippen molar-refractivity contribution in [2.75, 3.05) is 6.54 Å². The molecule has 21 heavy (non-hydrogen) atoms. The predicted octanol–water partition coefficient (Wildman–Crippen LogP) is 3.72. The maximum atomic E-state index is 13.2. The SMILES string of the molecule is Cc1cc(F)ccc1CN1CCCc2ccccc2C1=O. The second-order valence-electron chi connectivity index (χ2n) is 5.56. The third kappa shape index (κ3) is 2.82. The lowest BCUT2D eigenvalue weighted by atomic mass is 10.0. The van der Waals surface area contributed by atoms with Crippen LogP contribution in [0.25, 0.3) is 0 Å². The zero-order chi connectivity index (χ0) is 14.8. The smallest absolute Gasteiger partial charge is 0.254 e. The fourth-order valence-corrected chi connectivity index (χ4v) is 2.87. The summed E-state index contributed by atoms with van der Waals surface area (Å²) < 4.78 is 13.2. The van der Waals surface area contributed by atoms with Crippen LogP contribution in [0.2, 0.25) is 0 Å². The first-order chi connectivity index (χ1) is 10.1. The standard InChI is InChI=1S/C18H18FNO/c1-13-11-16(19)9-8-15(13)12-20-10-4-6-14-5-2-3-7-17(14)18(20)21/h2-3,5,7-9,11H,4,6,10,12H2,1H3. The highest BCUT2D eigenvalue weighted by Crippen LogP contribution is 2.21. The van der Waals surface area contributed by atoms with Crippen molar-refractivity contribution in [1.82, 2.24) is 4.90 Å². The summed E-state index contributed by atoms with van der Waals surface area (Å²) in [5.74, 6) is -0.157. The molecule has 0 atom stereocenters. The van der Waals surface area contributed by atoms with Crippen molar-refractivity contribution in [3.63, 3.8) is 0 Å². The Morgan fingerprint density at radius 1 is 1.19 bits per heavy atom. The van der Waals surface area contributed by atoms with Gasteiger partial charge in [0.1, 0.15) is 5.82 Å². The van der Waals surface area contributed by atoms with Crippen molar-refractivity contribution >= 4 is 5.91 Å². The summed E-state index contributed by atoms with van der Waals surface area (Å²) in [6.45, 7) is 3.16. The number of nitrogens with zero attached hydrogens (tertiary/aromatic N) is 1. The minimum absolute atomic E-state index is 0.0758. The molecule has 1 heterocycles. The molecule has 3 rings (SSSR count). The molecule has 3 heteroatoms. The first-order valence-corrected chi connectivity index (χ1v) is 7.27. The number of aryl methyl sites for hydroxylation is 2. The van der Waals surface area contributed by atoms with E-state index < -0.39 is 0 Å². The Kier molecular flexibility index (Phi) is 3.74. The van der Waals surface area contributed by atoms with Crippen molar-refractivity contribution in [3.05, 3.63) is 70.5 Å². The van der Waals surface area contributed by atoms with Crippen LogP contribution < -0.4 is 0 Å². The number of carbonyl (C=O) groups excluding carboxylic acids is 1. The van der Waals surface area contributed by atoms with E-state index in [4.69, 9.17) is 0 Å². The van der Waals surface area contributed by atoms with Crippen molar-refractivity contribution in [3.8, 4) is 0 Å². The molecule has 2 aromatic rings. The molecule has 0 bridgehead atoms. The van der Waals surface area contributed by atoms with Gasteiger partial charge in [-0.15, -0.1) is 0 Å². The largest absolute Gasteiger partial charge is 0.334 e. The van der Waals surface area contributed by atoms with Gasteiger partial charge in [0, 0.05) is 18.7 Å². The predicted molar refractivity (Wildman–Crippen MR) is 80.6 cm³/mol. The highest BCUT2D eigenvalue weighted by atomic mass is 19.1. The Labute approximate surface area is 124 Å². The fraction of sp³-hybridized carbons (Fsp3) is 0.278. The van der Waals surface area contributed by atoms with E-state index in [1.807, 2.05) is 36.1 Å². The van der Waals surface area contributed by atoms with E-state index in [9.17, 15) is 9.18 Å². The topological polar surface area (TPSA) is 20.3 Å². The van der Waals surface area contributed by atoms with Gasteiger partial charge < -0.3 is 4.90 Å². The molecular weight excluding hydrogens is 265 g/mol. The molecule has 1 aliphatic rings. The number of halogens is 1. The number of hydrogen-bond acceptors (Lipinski definition) is 1. The van der Waals surface area contributed by atoms with Crippen LogP contribution in [-0.4, -0.2) is 17.4 Å². The average Bonchev–Trinajstić information content (AvgIpc) is 2.63. The van der Waals surface area contributed by atoms with Gasteiger partial charge in [-0.1, -0.05) is 24.3 Å². The number of carbonyl (C=O) groups is 1. The average molecular weight is 283 g/mol. The summed E-state index contributed by atoms with van der Waals surface area (Å²) in [5, 5.41) is 0. The number of fused-ring (bicyclic) bond motifs is 1. The van der Waals surface area contributed by atoms with E-state index in [-0.39, 0.29) is 11.7 Å². The zero-order valence-electron chi connectivity index (χ0n) is 12.1. The maximum Gasteiger partial charge on any atom is 0.254 e. The highest BCUT2D eigenvalue weighted by Gasteiger charge is 2.22. The van der Waals surface area contributed by atoms with Crippen LogP contribution in [0.3, 0.4) is 0 Å². The summed E-state index contributed by atoms with van der Waals surface area (Å²) in [6, 6.07) is 12.6. The molecule has 0 radical (unpaired) electrons. The van der Waals surface area contributed by atoms with E-state index in [1.165, 1.54) is 12.1 Å². The van der Waals surface area contributed by atoms with Gasteiger partial charge in [-0.05, 0) is 54.7 Å². The molecule has 0 unspecified atom stereocenters. The molecule has 1 aliphatic heterocycles. The molecule has 1 amide bonds. The molecule has 108 valence electrons. The summed E-state index contributed by atoms with van der Waals surface area (Å²) in [7, 11) is 0. The van der Waals surface area contributed by atoms with E-state index in [2.05, 4.69) is 0 Å². The van der Waals surface area contributed by atoms with Crippen molar-refractivity contribution in [1.29, 1.82) is 0 Å². The number of amides is 1. The van der Waals surface area contributed by atoms with E-state index >= 15 is 0 Å². The molecule has 0 aliphatic carbocycles. The van der Waals surface area contributed by atoms with E-state index in [0.29, 0.717) is 6.54 Å². The quantitative estimate of drug-likeness (QED) is 0.822. The third-order valence-electron chi connectivity index (χ3n) is 4.07. The molecule has 0 fully saturated rings. The number of benzene rings is 2. The fourth-order valence-electron chi connectivity index (χ4n) is 2.87. The van der Waals surface area contributed by atoms with E-state index in [1.54, 1.807) is 6.07 Å². The molecule has 2 aromatic carbocycles. The Hall–Kier alpha value is -2.16. The molecule has 0 saturated carbocycles. The molecule has 0 aromatic heterocycles. The summed E-state index contributed by atoms with van der Waals surface area (Å²) in [4.78, 5) is 14.5. The van der Waals surface area contributed by atoms with Gasteiger partial charge in [-0.25, -0.2) is 4.39 Å². The van der Waals surface area contributed by atoms with Crippen LogP contribution in [0.4, 0.5) is 4.39 Å².